The lowest BCUT2D eigenvalue weighted by Crippen LogP contribution is -2.41. The van der Waals surface area contributed by atoms with E-state index in [-0.39, 0.29) is 0 Å². The average Bonchev–Trinajstić information content (AvgIpc) is 2.83. The summed E-state index contributed by atoms with van der Waals surface area (Å²) in [6.07, 6.45) is 10.1. The van der Waals surface area contributed by atoms with Crippen molar-refractivity contribution in [3.05, 3.63) is 29.8 Å². The summed E-state index contributed by atoms with van der Waals surface area (Å²) < 4.78 is 67.0. The van der Waals surface area contributed by atoms with Crippen molar-refractivity contribution in [1.82, 2.24) is 0 Å². The second-order valence-corrected chi connectivity index (χ2v) is 11.1. The van der Waals surface area contributed by atoms with Crippen molar-refractivity contribution < 1.29 is 26.7 Å². The fourth-order valence-electron chi connectivity index (χ4n) is 6.12. The molecule has 35 heavy (non-hydrogen) atoms. The average molecular weight is 503 g/mol. The molecular formula is C29H43F5O. The minimum absolute atomic E-state index is 0.344. The first-order valence-electron chi connectivity index (χ1n) is 13.9. The van der Waals surface area contributed by atoms with Crippen molar-refractivity contribution in [3.63, 3.8) is 0 Å². The molecular weight excluding hydrogens is 459 g/mol. The molecule has 0 aromatic heterocycles. The Balaban J connectivity index is 1.31. The Labute approximate surface area is 208 Å². The summed E-state index contributed by atoms with van der Waals surface area (Å²) in [4.78, 5) is 0. The van der Waals surface area contributed by atoms with Crippen LogP contribution in [0, 0.1) is 17.8 Å². The number of alkyl halides is 5. The van der Waals surface area contributed by atoms with E-state index in [4.69, 9.17) is 0 Å². The molecule has 0 spiro atoms. The summed E-state index contributed by atoms with van der Waals surface area (Å²) in [6.45, 7) is 2.27. The molecule has 1 nitrogen and oxygen atoms in total. The van der Waals surface area contributed by atoms with Gasteiger partial charge < -0.3 is 4.74 Å². The molecule has 200 valence electrons. The van der Waals surface area contributed by atoms with Crippen LogP contribution in [-0.4, -0.2) is 12.3 Å². The highest BCUT2D eigenvalue weighted by Crippen LogP contribution is 2.41. The van der Waals surface area contributed by atoms with Crippen molar-refractivity contribution in [2.45, 2.75) is 128 Å². The number of halogens is 5. The maximum absolute atomic E-state index is 13.1. The van der Waals surface area contributed by atoms with E-state index in [0.717, 1.165) is 36.2 Å². The second-order valence-electron chi connectivity index (χ2n) is 11.1. The third kappa shape index (κ3) is 8.93. The highest BCUT2D eigenvalue weighted by atomic mass is 19.4. The molecule has 1 aromatic rings. The molecule has 0 bridgehead atoms. The standard InChI is InChI=1S/C29H43F5O/c1-2-3-4-5-6-7-22-8-10-23(11-9-22)12-13-24-14-16-25(17-15-24)26-18-20-27(21-19-26)35-29(33,34)28(30,31)32/h18-25H,2-17H2,1H3/t22-,23-,24-,25-. The van der Waals surface area contributed by atoms with Gasteiger partial charge in [0.05, 0.1) is 0 Å². The molecule has 1 aromatic carbocycles. The van der Waals surface area contributed by atoms with Crippen molar-refractivity contribution in [3.8, 4) is 5.75 Å². The van der Waals surface area contributed by atoms with Gasteiger partial charge in [0, 0.05) is 0 Å². The summed E-state index contributed by atoms with van der Waals surface area (Å²) in [5.74, 6) is 2.49. The first-order chi connectivity index (χ1) is 16.7. The number of hydrogen-bond acceptors (Lipinski definition) is 1. The lowest BCUT2D eigenvalue weighted by Gasteiger charge is -2.32. The third-order valence-electron chi connectivity index (χ3n) is 8.44. The van der Waals surface area contributed by atoms with Crippen LogP contribution in [0.25, 0.3) is 0 Å². The van der Waals surface area contributed by atoms with E-state index in [1.54, 1.807) is 12.1 Å². The van der Waals surface area contributed by atoms with Crippen LogP contribution in [0.2, 0.25) is 0 Å². The molecule has 3 rings (SSSR count). The zero-order chi connectivity index (χ0) is 25.3. The van der Waals surface area contributed by atoms with Gasteiger partial charge in [0.1, 0.15) is 5.75 Å². The van der Waals surface area contributed by atoms with Crippen LogP contribution in [-0.2, 0) is 0 Å². The van der Waals surface area contributed by atoms with Crippen LogP contribution >= 0.6 is 0 Å². The fraction of sp³-hybridized carbons (Fsp3) is 0.793. The van der Waals surface area contributed by atoms with Crippen LogP contribution in [0.15, 0.2) is 24.3 Å². The molecule has 0 atom stereocenters. The van der Waals surface area contributed by atoms with Crippen molar-refractivity contribution >= 4 is 0 Å². The highest BCUT2D eigenvalue weighted by Gasteiger charge is 2.61. The van der Waals surface area contributed by atoms with Crippen LogP contribution in [0.3, 0.4) is 0 Å². The zero-order valence-electron chi connectivity index (χ0n) is 21.2. The molecule has 0 radical (unpaired) electrons. The lowest BCUT2D eigenvalue weighted by molar-refractivity contribution is -0.360. The Morgan fingerprint density at radius 2 is 1.14 bits per heavy atom. The van der Waals surface area contributed by atoms with Gasteiger partial charge in [-0.1, -0.05) is 96.1 Å². The van der Waals surface area contributed by atoms with E-state index in [1.807, 2.05) is 0 Å². The molecule has 0 unspecified atom stereocenters. The highest BCUT2D eigenvalue weighted by molar-refractivity contribution is 5.30. The van der Waals surface area contributed by atoms with E-state index in [0.29, 0.717) is 5.92 Å². The number of benzene rings is 1. The number of rotatable bonds is 12. The van der Waals surface area contributed by atoms with Crippen molar-refractivity contribution in [1.29, 1.82) is 0 Å². The first-order valence-corrected chi connectivity index (χ1v) is 13.9. The predicted octanol–water partition coefficient (Wildman–Crippen LogP) is 10.4. The van der Waals surface area contributed by atoms with Crippen LogP contribution in [0.1, 0.15) is 121 Å². The molecule has 2 saturated carbocycles. The van der Waals surface area contributed by atoms with Gasteiger partial charge >= 0.3 is 12.3 Å². The molecule has 0 amide bonds. The van der Waals surface area contributed by atoms with Crippen molar-refractivity contribution in [2.75, 3.05) is 0 Å². The number of ether oxygens (including phenoxy) is 1. The van der Waals surface area contributed by atoms with Crippen LogP contribution in [0.4, 0.5) is 22.0 Å². The second kappa shape index (κ2) is 13.3. The minimum Gasteiger partial charge on any atom is -0.426 e. The monoisotopic (exact) mass is 502 g/mol. The Hall–Kier alpha value is -1.33. The van der Waals surface area contributed by atoms with E-state index < -0.39 is 18.0 Å². The summed E-state index contributed by atoms with van der Waals surface area (Å²) in [6, 6.07) is 5.72. The maximum Gasteiger partial charge on any atom is 0.499 e. The predicted molar refractivity (Wildman–Crippen MR) is 131 cm³/mol. The first kappa shape index (κ1) is 28.2. The molecule has 0 heterocycles. The quantitative estimate of drug-likeness (QED) is 0.204. The minimum atomic E-state index is -5.72. The summed E-state index contributed by atoms with van der Waals surface area (Å²) in [5, 5.41) is 0. The van der Waals surface area contributed by atoms with E-state index in [1.165, 1.54) is 102 Å². The lowest BCUT2D eigenvalue weighted by atomic mass is 9.74. The molecule has 6 heteroatoms. The topological polar surface area (TPSA) is 9.23 Å². The Morgan fingerprint density at radius 3 is 1.66 bits per heavy atom. The molecule has 2 aliphatic rings. The summed E-state index contributed by atoms with van der Waals surface area (Å²) >= 11 is 0. The van der Waals surface area contributed by atoms with Gasteiger partial charge in [-0.05, 0) is 67.1 Å². The molecule has 0 N–H and O–H groups in total. The summed E-state index contributed by atoms with van der Waals surface area (Å²) in [7, 11) is 0. The normalized spacial score (nSPS) is 26.0. The van der Waals surface area contributed by atoms with Gasteiger partial charge in [0.2, 0.25) is 0 Å². The van der Waals surface area contributed by atoms with Gasteiger partial charge in [-0.25, -0.2) is 0 Å². The van der Waals surface area contributed by atoms with Gasteiger partial charge in [0.25, 0.3) is 0 Å². The van der Waals surface area contributed by atoms with Gasteiger partial charge in [-0.2, -0.15) is 22.0 Å². The summed E-state index contributed by atoms with van der Waals surface area (Å²) in [5.41, 5.74) is 0.999. The molecule has 2 aliphatic carbocycles. The number of hydrogen-bond donors (Lipinski definition) is 0. The molecule has 0 saturated heterocycles. The smallest absolute Gasteiger partial charge is 0.426 e. The third-order valence-corrected chi connectivity index (χ3v) is 8.44. The van der Waals surface area contributed by atoms with E-state index in [2.05, 4.69) is 11.7 Å². The van der Waals surface area contributed by atoms with E-state index >= 15 is 0 Å². The Bertz CT molecular complexity index is 714. The van der Waals surface area contributed by atoms with Crippen LogP contribution in [0.5, 0.6) is 5.75 Å². The van der Waals surface area contributed by atoms with Gasteiger partial charge in [0.15, 0.2) is 0 Å². The molecule has 0 aliphatic heterocycles. The van der Waals surface area contributed by atoms with Crippen molar-refractivity contribution in [2.24, 2.45) is 17.8 Å². The maximum atomic E-state index is 13.1. The number of unbranched alkanes of at least 4 members (excludes halogenated alkanes) is 4. The van der Waals surface area contributed by atoms with Crippen LogP contribution < -0.4 is 4.74 Å². The molecule has 2 fully saturated rings. The fourth-order valence-corrected chi connectivity index (χ4v) is 6.12. The Kier molecular flexibility index (Phi) is 10.7. The SMILES string of the molecule is CCCCCCC[C@H]1CC[C@H](CC[C@H]2CC[C@H](c3ccc(OC(F)(F)C(F)(F)F)cc3)CC2)CC1. The van der Waals surface area contributed by atoms with Gasteiger partial charge in [-0.3, -0.25) is 0 Å². The van der Waals surface area contributed by atoms with Gasteiger partial charge in [-0.15, -0.1) is 0 Å². The Morgan fingerprint density at radius 1 is 0.657 bits per heavy atom. The largest absolute Gasteiger partial charge is 0.499 e. The zero-order valence-corrected chi connectivity index (χ0v) is 21.2. The van der Waals surface area contributed by atoms with E-state index in [9.17, 15) is 22.0 Å².